The van der Waals surface area contributed by atoms with Crippen molar-refractivity contribution < 1.29 is 18.9 Å². The van der Waals surface area contributed by atoms with E-state index in [0.717, 1.165) is 5.56 Å². The number of hydrogen-bond acceptors (Lipinski definition) is 7. The molecule has 0 fully saturated rings. The molecule has 0 spiro atoms. The minimum Gasteiger partial charge on any atom is -0.493 e. The SMILES string of the molecule is CCOc1c(OC)cccc1[C@@H]1C(C#N)=C(N)Oc2n[nH]c(COC)c21. The number of H-pyrrole nitrogens is 1. The molecule has 0 aliphatic carbocycles. The number of hydrogen-bond donors (Lipinski definition) is 2. The Kier molecular flexibility index (Phi) is 5.00. The number of aromatic amines is 1. The van der Waals surface area contributed by atoms with E-state index in [9.17, 15) is 5.26 Å². The predicted octanol–water partition coefficient (Wildman–Crippen LogP) is 2.18. The van der Waals surface area contributed by atoms with E-state index in [1.54, 1.807) is 20.3 Å². The molecular formula is C18H20N4O4. The predicted molar refractivity (Wildman–Crippen MR) is 92.8 cm³/mol. The number of fused-ring (bicyclic) bond motifs is 1. The lowest BCUT2D eigenvalue weighted by atomic mass is 9.83. The molecule has 1 aliphatic rings. The number of allylic oxidation sites excluding steroid dienone is 1. The van der Waals surface area contributed by atoms with Gasteiger partial charge in [0, 0.05) is 12.7 Å². The Morgan fingerprint density at radius 2 is 2.19 bits per heavy atom. The van der Waals surface area contributed by atoms with E-state index in [1.165, 1.54) is 0 Å². The van der Waals surface area contributed by atoms with Gasteiger partial charge in [0.05, 0.1) is 37.5 Å². The number of para-hydroxylation sites is 1. The number of aromatic nitrogens is 2. The van der Waals surface area contributed by atoms with Crippen LogP contribution in [0.5, 0.6) is 17.4 Å². The van der Waals surface area contributed by atoms with Crippen molar-refractivity contribution in [3.05, 3.63) is 46.5 Å². The third-order valence-electron chi connectivity index (χ3n) is 4.14. The van der Waals surface area contributed by atoms with E-state index in [-0.39, 0.29) is 18.1 Å². The van der Waals surface area contributed by atoms with Crippen LogP contribution in [-0.2, 0) is 11.3 Å². The van der Waals surface area contributed by atoms with Crippen LogP contribution in [0.3, 0.4) is 0 Å². The summed E-state index contributed by atoms with van der Waals surface area (Å²) >= 11 is 0. The summed E-state index contributed by atoms with van der Waals surface area (Å²) in [5.41, 5.74) is 8.42. The maximum Gasteiger partial charge on any atom is 0.244 e. The topological polar surface area (TPSA) is 115 Å². The third-order valence-corrected chi connectivity index (χ3v) is 4.14. The van der Waals surface area contributed by atoms with Gasteiger partial charge in [0.2, 0.25) is 11.8 Å². The lowest BCUT2D eigenvalue weighted by molar-refractivity contribution is 0.180. The molecule has 3 rings (SSSR count). The first-order chi connectivity index (χ1) is 12.7. The molecule has 1 aromatic heterocycles. The fourth-order valence-electron chi connectivity index (χ4n) is 3.09. The fraction of sp³-hybridized carbons (Fsp3) is 0.333. The molecule has 2 aromatic rings. The number of methoxy groups -OCH3 is 2. The second kappa shape index (κ2) is 7.37. The average Bonchev–Trinajstić information content (AvgIpc) is 3.03. The number of rotatable bonds is 6. The number of nitrogens with two attached hydrogens (primary N) is 1. The van der Waals surface area contributed by atoms with E-state index in [2.05, 4.69) is 16.3 Å². The molecule has 1 aromatic carbocycles. The number of benzene rings is 1. The van der Waals surface area contributed by atoms with Crippen molar-refractivity contribution >= 4 is 0 Å². The zero-order valence-corrected chi connectivity index (χ0v) is 14.8. The number of ether oxygens (including phenoxy) is 4. The number of nitrogens with one attached hydrogen (secondary N) is 1. The molecule has 0 bridgehead atoms. The summed E-state index contributed by atoms with van der Waals surface area (Å²) in [7, 11) is 3.15. The normalized spacial score (nSPS) is 15.8. The molecule has 0 radical (unpaired) electrons. The van der Waals surface area contributed by atoms with Crippen LogP contribution in [0.1, 0.15) is 29.7 Å². The van der Waals surface area contributed by atoms with Crippen LogP contribution in [0.25, 0.3) is 0 Å². The van der Waals surface area contributed by atoms with E-state index in [4.69, 9.17) is 24.7 Å². The van der Waals surface area contributed by atoms with Gasteiger partial charge in [-0.1, -0.05) is 12.1 Å². The van der Waals surface area contributed by atoms with Crippen molar-refractivity contribution in [3.8, 4) is 23.4 Å². The van der Waals surface area contributed by atoms with Crippen molar-refractivity contribution in [2.45, 2.75) is 19.4 Å². The van der Waals surface area contributed by atoms with Crippen LogP contribution in [0.2, 0.25) is 0 Å². The zero-order valence-electron chi connectivity index (χ0n) is 14.8. The van der Waals surface area contributed by atoms with Gasteiger partial charge in [-0.2, -0.15) is 5.26 Å². The Hall–Kier alpha value is -3.18. The first-order valence-electron chi connectivity index (χ1n) is 8.09. The van der Waals surface area contributed by atoms with Gasteiger partial charge >= 0.3 is 0 Å². The lowest BCUT2D eigenvalue weighted by Crippen LogP contribution is -2.22. The van der Waals surface area contributed by atoms with Crippen molar-refractivity contribution in [3.63, 3.8) is 0 Å². The highest BCUT2D eigenvalue weighted by Gasteiger charge is 2.37. The molecule has 0 unspecified atom stereocenters. The highest BCUT2D eigenvalue weighted by molar-refractivity contribution is 5.60. The summed E-state index contributed by atoms with van der Waals surface area (Å²) in [5.74, 6) is 0.962. The standard InChI is InChI=1S/C18H20N4O4/c1-4-25-16-10(6-5-7-13(16)24-3)14-11(8-19)17(20)26-18-15(14)12(9-23-2)21-22-18/h5-7,14H,4,9,20H2,1-3H3,(H,21,22)/t14-/m1/s1. The third kappa shape index (κ3) is 2.82. The fourth-order valence-corrected chi connectivity index (χ4v) is 3.09. The van der Waals surface area contributed by atoms with Crippen LogP contribution in [0.4, 0.5) is 0 Å². The molecule has 2 heterocycles. The summed E-state index contributed by atoms with van der Waals surface area (Å²) < 4.78 is 22.0. The van der Waals surface area contributed by atoms with Crippen LogP contribution in [0, 0.1) is 11.3 Å². The van der Waals surface area contributed by atoms with Gasteiger partial charge in [-0.3, -0.25) is 5.10 Å². The van der Waals surface area contributed by atoms with Crippen LogP contribution < -0.4 is 19.9 Å². The van der Waals surface area contributed by atoms with Crippen LogP contribution >= 0.6 is 0 Å². The summed E-state index contributed by atoms with van der Waals surface area (Å²) in [6, 6.07) is 7.68. The van der Waals surface area contributed by atoms with Gasteiger partial charge in [0.25, 0.3) is 0 Å². The minimum atomic E-state index is -0.510. The van der Waals surface area contributed by atoms with Gasteiger partial charge < -0.3 is 24.7 Å². The summed E-state index contributed by atoms with van der Waals surface area (Å²) in [5, 5.41) is 16.8. The molecule has 3 N–H and O–H groups in total. The molecule has 0 saturated carbocycles. The minimum absolute atomic E-state index is 0.0192. The Balaban J connectivity index is 2.26. The molecule has 1 aliphatic heterocycles. The summed E-state index contributed by atoms with van der Waals surface area (Å²) in [6.45, 7) is 2.62. The first kappa shape index (κ1) is 17.6. The lowest BCUT2D eigenvalue weighted by Gasteiger charge is -2.26. The Morgan fingerprint density at radius 3 is 2.85 bits per heavy atom. The van der Waals surface area contributed by atoms with Crippen molar-refractivity contribution in [1.29, 1.82) is 5.26 Å². The van der Waals surface area contributed by atoms with Gasteiger partial charge in [-0.25, -0.2) is 0 Å². The van der Waals surface area contributed by atoms with Crippen molar-refractivity contribution in [2.75, 3.05) is 20.8 Å². The van der Waals surface area contributed by atoms with Crippen molar-refractivity contribution in [1.82, 2.24) is 10.2 Å². The highest BCUT2D eigenvalue weighted by atomic mass is 16.5. The molecule has 8 nitrogen and oxygen atoms in total. The highest BCUT2D eigenvalue weighted by Crippen LogP contribution is 2.47. The van der Waals surface area contributed by atoms with Crippen molar-refractivity contribution in [2.24, 2.45) is 5.73 Å². The van der Waals surface area contributed by atoms with E-state index in [0.29, 0.717) is 35.2 Å². The van der Waals surface area contributed by atoms with E-state index >= 15 is 0 Å². The molecule has 8 heteroatoms. The van der Waals surface area contributed by atoms with Gasteiger partial charge in [0.15, 0.2) is 11.5 Å². The Bertz CT molecular complexity index is 882. The summed E-state index contributed by atoms with van der Waals surface area (Å²) in [4.78, 5) is 0. The zero-order chi connectivity index (χ0) is 18.7. The van der Waals surface area contributed by atoms with Crippen LogP contribution in [0.15, 0.2) is 29.7 Å². The molecule has 26 heavy (non-hydrogen) atoms. The second-order valence-electron chi connectivity index (χ2n) is 5.59. The molecular weight excluding hydrogens is 336 g/mol. The molecule has 0 amide bonds. The Labute approximate surface area is 151 Å². The van der Waals surface area contributed by atoms with E-state index in [1.807, 2.05) is 19.1 Å². The molecule has 0 saturated heterocycles. The van der Waals surface area contributed by atoms with E-state index < -0.39 is 5.92 Å². The number of nitrogens with zero attached hydrogens (tertiary/aromatic N) is 2. The number of nitriles is 1. The first-order valence-corrected chi connectivity index (χ1v) is 8.09. The van der Waals surface area contributed by atoms with Gasteiger partial charge in [-0.15, -0.1) is 5.10 Å². The largest absolute Gasteiger partial charge is 0.493 e. The van der Waals surface area contributed by atoms with Gasteiger partial charge in [0.1, 0.15) is 11.6 Å². The Morgan fingerprint density at radius 1 is 1.38 bits per heavy atom. The van der Waals surface area contributed by atoms with Gasteiger partial charge in [-0.05, 0) is 13.0 Å². The smallest absolute Gasteiger partial charge is 0.244 e. The summed E-state index contributed by atoms with van der Waals surface area (Å²) in [6.07, 6.45) is 0. The maximum absolute atomic E-state index is 9.72. The molecule has 1 atom stereocenters. The maximum atomic E-state index is 9.72. The monoisotopic (exact) mass is 356 g/mol. The average molecular weight is 356 g/mol. The second-order valence-corrected chi connectivity index (χ2v) is 5.59. The van der Waals surface area contributed by atoms with Crippen LogP contribution in [-0.4, -0.2) is 31.0 Å². The quantitative estimate of drug-likeness (QED) is 0.815. The molecule has 136 valence electrons.